The quantitative estimate of drug-likeness (QED) is 0.922. The van der Waals surface area contributed by atoms with E-state index in [4.69, 9.17) is 0 Å². The van der Waals surface area contributed by atoms with Gasteiger partial charge in [0, 0.05) is 30.1 Å². The highest BCUT2D eigenvalue weighted by Gasteiger charge is 2.56. The van der Waals surface area contributed by atoms with Crippen LogP contribution in [0.3, 0.4) is 0 Å². The third-order valence-corrected chi connectivity index (χ3v) is 6.27. The van der Waals surface area contributed by atoms with Gasteiger partial charge >= 0.3 is 0 Å². The Labute approximate surface area is 146 Å². The van der Waals surface area contributed by atoms with E-state index in [0.29, 0.717) is 16.5 Å². The van der Waals surface area contributed by atoms with Crippen LogP contribution in [0.25, 0.3) is 10.9 Å². The number of aliphatic hydroxyl groups is 1. The molecule has 6 heteroatoms. The maximum atomic E-state index is 13.2. The number of aromatic nitrogens is 2. The van der Waals surface area contributed by atoms with Crippen molar-refractivity contribution in [3.63, 3.8) is 0 Å². The molecule has 3 heterocycles. The van der Waals surface area contributed by atoms with Crippen LogP contribution in [-0.4, -0.2) is 44.2 Å². The third kappa shape index (κ3) is 2.24. The molecule has 0 saturated carbocycles. The monoisotopic (exact) mass is 341 g/mol. The van der Waals surface area contributed by atoms with Crippen LogP contribution in [0.4, 0.5) is 0 Å². The van der Waals surface area contributed by atoms with Crippen LogP contribution in [0.1, 0.15) is 43.0 Å². The molecule has 132 valence electrons. The smallest absolute Gasteiger partial charge is 0.260 e. The third-order valence-electron chi connectivity index (χ3n) is 6.27. The summed E-state index contributed by atoms with van der Waals surface area (Å²) in [6, 6.07) is 5.43. The number of rotatable bonds is 3. The molecule has 1 N–H and O–H groups in total. The highest BCUT2D eigenvalue weighted by atomic mass is 16.3. The summed E-state index contributed by atoms with van der Waals surface area (Å²) in [4.78, 5) is 31.6. The van der Waals surface area contributed by atoms with Gasteiger partial charge in [0.15, 0.2) is 0 Å². The number of amides is 1. The van der Waals surface area contributed by atoms with Crippen LogP contribution in [0.15, 0.2) is 29.3 Å². The molecular formula is C19H23N3O3. The number of fused-ring (bicyclic) bond motifs is 3. The molecule has 6 nitrogen and oxygen atoms in total. The van der Waals surface area contributed by atoms with E-state index in [-0.39, 0.29) is 35.6 Å². The van der Waals surface area contributed by atoms with Crippen LogP contribution in [-0.2, 0) is 7.05 Å². The Morgan fingerprint density at radius 1 is 1.40 bits per heavy atom. The highest BCUT2D eigenvalue weighted by molar-refractivity contribution is 5.98. The maximum absolute atomic E-state index is 13.2. The number of benzene rings is 1. The first-order valence-electron chi connectivity index (χ1n) is 8.89. The summed E-state index contributed by atoms with van der Waals surface area (Å²) < 4.78 is 1.43. The first-order chi connectivity index (χ1) is 12.0. The molecule has 2 fully saturated rings. The first kappa shape index (κ1) is 16.3. The summed E-state index contributed by atoms with van der Waals surface area (Å²) >= 11 is 0. The summed E-state index contributed by atoms with van der Waals surface area (Å²) in [7, 11) is 1.66. The lowest BCUT2D eigenvalue weighted by molar-refractivity contribution is 0.0557. The average Bonchev–Trinajstić information content (AvgIpc) is 3.20. The predicted molar refractivity (Wildman–Crippen MR) is 94.4 cm³/mol. The normalized spacial score (nSPS) is 28.0. The number of hydrogen-bond acceptors (Lipinski definition) is 4. The summed E-state index contributed by atoms with van der Waals surface area (Å²) in [5.41, 5.74) is 0.832. The predicted octanol–water partition coefficient (Wildman–Crippen LogP) is 1.70. The van der Waals surface area contributed by atoms with Gasteiger partial charge in [-0.25, -0.2) is 4.98 Å². The van der Waals surface area contributed by atoms with Gasteiger partial charge in [0.1, 0.15) is 0 Å². The number of aliphatic hydroxyl groups excluding tert-OH is 1. The van der Waals surface area contributed by atoms with Crippen molar-refractivity contribution in [3.05, 3.63) is 40.4 Å². The Morgan fingerprint density at radius 2 is 2.20 bits per heavy atom. The van der Waals surface area contributed by atoms with Crippen molar-refractivity contribution in [3.8, 4) is 0 Å². The lowest BCUT2D eigenvalue weighted by Gasteiger charge is -2.34. The summed E-state index contributed by atoms with van der Waals surface area (Å²) in [6.07, 6.45) is 5.20. The minimum atomic E-state index is -0.163. The molecule has 25 heavy (non-hydrogen) atoms. The second-order valence-corrected chi connectivity index (χ2v) is 7.43. The fourth-order valence-electron chi connectivity index (χ4n) is 4.75. The Bertz CT molecular complexity index is 900. The van der Waals surface area contributed by atoms with Gasteiger partial charge < -0.3 is 14.6 Å². The first-order valence-corrected chi connectivity index (χ1v) is 8.89. The van der Waals surface area contributed by atoms with Crippen molar-refractivity contribution in [1.82, 2.24) is 14.5 Å². The van der Waals surface area contributed by atoms with E-state index in [1.807, 2.05) is 4.90 Å². The molecule has 1 amide bonds. The summed E-state index contributed by atoms with van der Waals surface area (Å²) in [6.45, 7) is 2.22. The average molecular weight is 341 g/mol. The zero-order valence-electron chi connectivity index (χ0n) is 14.6. The lowest BCUT2D eigenvalue weighted by atomic mass is 9.72. The molecule has 0 unspecified atom stereocenters. The van der Waals surface area contributed by atoms with Crippen LogP contribution < -0.4 is 5.56 Å². The summed E-state index contributed by atoms with van der Waals surface area (Å²) in [5, 5.41) is 10.4. The van der Waals surface area contributed by atoms with Gasteiger partial charge in [-0.05, 0) is 43.9 Å². The Hall–Kier alpha value is -2.21. The molecule has 1 aromatic carbocycles. The zero-order chi connectivity index (χ0) is 17.8. The van der Waals surface area contributed by atoms with Crippen LogP contribution in [0.5, 0.6) is 0 Å². The van der Waals surface area contributed by atoms with Crippen molar-refractivity contribution in [2.45, 2.75) is 44.7 Å². The topological polar surface area (TPSA) is 75.4 Å². The van der Waals surface area contributed by atoms with E-state index in [1.165, 1.54) is 10.9 Å². The van der Waals surface area contributed by atoms with Crippen molar-refractivity contribution >= 4 is 16.8 Å². The lowest BCUT2D eigenvalue weighted by Crippen LogP contribution is -2.42. The molecular weight excluding hydrogens is 318 g/mol. The van der Waals surface area contributed by atoms with Crippen LogP contribution in [0, 0.1) is 5.41 Å². The molecule has 2 bridgehead atoms. The van der Waals surface area contributed by atoms with Gasteiger partial charge in [0.2, 0.25) is 0 Å². The highest BCUT2D eigenvalue weighted by Crippen LogP contribution is 2.51. The van der Waals surface area contributed by atoms with Crippen LogP contribution in [0.2, 0.25) is 0 Å². The molecule has 0 spiro atoms. The second-order valence-electron chi connectivity index (χ2n) is 7.43. The van der Waals surface area contributed by atoms with E-state index in [0.717, 1.165) is 25.7 Å². The van der Waals surface area contributed by atoms with E-state index >= 15 is 0 Å². The van der Waals surface area contributed by atoms with E-state index in [1.54, 1.807) is 25.2 Å². The zero-order valence-corrected chi connectivity index (χ0v) is 14.6. The van der Waals surface area contributed by atoms with E-state index in [2.05, 4.69) is 11.9 Å². The molecule has 3 atom stereocenters. The van der Waals surface area contributed by atoms with Gasteiger partial charge in [0.25, 0.3) is 11.5 Å². The number of carbonyl (C=O) groups excluding carboxylic acids is 1. The fourth-order valence-corrected chi connectivity index (χ4v) is 4.75. The Balaban J connectivity index is 1.71. The van der Waals surface area contributed by atoms with Crippen molar-refractivity contribution in [2.75, 3.05) is 6.61 Å². The van der Waals surface area contributed by atoms with E-state index in [9.17, 15) is 14.7 Å². The minimum Gasteiger partial charge on any atom is -0.396 e. The number of aryl methyl sites for hydroxylation is 1. The Morgan fingerprint density at radius 3 is 2.88 bits per heavy atom. The van der Waals surface area contributed by atoms with Gasteiger partial charge in [-0.3, -0.25) is 9.59 Å². The molecule has 0 radical (unpaired) electrons. The van der Waals surface area contributed by atoms with Crippen molar-refractivity contribution < 1.29 is 9.90 Å². The number of nitrogens with zero attached hydrogens (tertiary/aromatic N) is 3. The van der Waals surface area contributed by atoms with Crippen molar-refractivity contribution in [1.29, 1.82) is 0 Å². The van der Waals surface area contributed by atoms with Gasteiger partial charge in [-0.1, -0.05) is 6.92 Å². The minimum absolute atomic E-state index is 0.0133. The second kappa shape index (κ2) is 5.66. The number of hydrogen-bond donors (Lipinski definition) is 1. The molecule has 2 aromatic rings. The Kier molecular flexibility index (Phi) is 3.68. The van der Waals surface area contributed by atoms with Gasteiger partial charge in [0.05, 0.1) is 23.8 Å². The van der Waals surface area contributed by atoms with Crippen LogP contribution >= 0.6 is 0 Å². The van der Waals surface area contributed by atoms with Gasteiger partial charge in [-0.2, -0.15) is 0 Å². The molecule has 1 aromatic heterocycles. The molecule has 2 aliphatic rings. The molecule has 4 rings (SSSR count). The standard InChI is InChI=1S/C19H23N3O3/c1-3-19(10-23)9-13-5-7-16(19)22(13)17(24)12-4-6-14-15(8-12)20-11-21(2)18(14)25/h4,6,8,11,13,16,23H,3,5,7,9-10H2,1-2H3/t13-,16+,19-/m1/s1. The maximum Gasteiger partial charge on any atom is 0.260 e. The summed E-state index contributed by atoms with van der Waals surface area (Å²) in [5.74, 6) is -0.0133. The van der Waals surface area contributed by atoms with Crippen molar-refractivity contribution in [2.24, 2.45) is 12.5 Å². The van der Waals surface area contributed by atoms with E-state index < -0.39 is 0 Å². The van der Waals surface area contributed by atoms with Gasteiger partial charge in [-0.15, -0.1) is 0 Å². The molecule has 2 aliphatic heterocycles. The SMILES string of the molecule is CC[C@]1(CO)C[C@H]2CC[C@@H]1N2C(=O)c1ccc2c(=O)n(C)cnc2c1. The molecule has 0 aliphatic carbocycles. The largest absolute Gasteiger partial charge is 0.396 e. The fraction of sp³-hybridized carbons (Fsp3) is 0.526. The number of carbonyl (C=O) groups is 1. The molecule has 2 saturated heterocycles.